The molecule has 0 bridgehead atoms. The van der Waals surface area contributed by atoms with Crippen LogP contribution in [0, 0.1) is 5.92 Å². The smallest absolute Gasteiger partial charge is 0.309 e. The predicted molar refractivity (Wildman–Crippen MR) is 38.5 cm³/mol. The SMILES string of the molecule is CCOC(=O)C1CC=CC1. The van der Waals surface area contributed by atoms with Gasteiger partial charge in [0, 0.05) is 0 Å². The molecule has 0 atom stereocenters. The standard InChI is InChI=1S/C8H12O2/c1-2-10-8(9)7-5-3-4-6-7/h3-4,7H,2,5-6H2,1H3. The second-order valence-corrected chi connectivity index (χ2v) is 2.39. The van der Waals surface area contributed by atoms with Gasteiger partial charge in [-0.1, -0.05) is 12.2 Å². The molecule has 0 saturated heterocycles. The Balaban J connectivity index is 2.28. The van der Waals surface area contributed by atoms with Crippen molar-refractivity contribution < 1.29 is 9.53 Å². The summed E-state index contributed by atoms with van der Waals surface area (Å²) in [6.07, 6.45) is 5.78. The predicted octanol–water partition coefficient (Wildman–Crippen LogP) is 1.52. The Morgan fingerprint density at radius 3 is 2.70 bits per heavy atom. The van der Waals surface area contributed by atoms with E-state index in [9.17, 15) is 4.79 Å². The summed E-state index contributed by atoms with van der Waals surface area (Å²) >= 11 is 0. The first-order valence-corrected chi connectivity index (χ1v) is 3.66. The van der Waals surface area contributed by atoms with E-state index in [1.165, 1.54) is 0 Å². The summed E-state index contributed by atoms with van der Waals surface area (Å²) in [5.41, 5.74) is 0. The quantitative estimate of drug-likeness (QED) is 0.429. The summed E-state index contributed by atoms with van der Waals surface area (Å²) < 4.78 is 4.85. The highest BCUT2D eigenvalue weighted by atomic mass is 16.5. The van der Waals surface area contributed by atoms with Gasteiger partial charge in [-0.15, -0.1) is 0 Å². The lowest BCUT2D eigenvalue weighted by Crippen LogP contribution is -2.14. The van der Waals surface area contributed by atoms with Crippen molar-refractivity contribution in [1.82, 2.24) is 0 Å². The molecule has 1 aliphatic rings. The van der Waals surface area contributed by atoms with Crippen molar-refractivity contribution in [2.45, 2.75) is 19.8 Å². The van der Waals surface area contributed by atoms with Crippen molar-refractivity contribution in [3.8, 4) is 0 Å². The van der Waals surface area contributed by atoms with E-state index in [4.69, 9.17) is 4.74 Å². The monoisotopic (exact) mass is 140 g/mol. The fourth-order valence-corrected chi connectivity index (χ4v) is 1.07. The summed E-state index contributed by atoms with van der Waals surface area (Å²) in [6.45, 7) is 2.33. The van der Waals surface area contributed by atoms with Crippen LogP contribution in [0.25, 0.3) is 0 Å². The molecule has 0 heterocycles. The van der Waals surface area contributed by atoms with Gasteiger partial charge < -0.3 is 4.74 Å². The van der Waals surface area contributed by atoms with Crippen LogP contribution in [0.15, 0.2) is 12.2 Å². The van der Waals surface area contributed by atoms with Crippen LogP contribution in [0.2, 0.25) is 0 Å². The average molecular weight is 140 g/mol. The lowest BCUT2D eigenvalue weighted by molar-refractivity contribution is -0.147. The molecule has 0 aliphatic heterocycles. The van der Waals surface area contributed by atoms with E-state index in [0.717, 1.165) is 12.8 Å². The number of ether oxygens (including phenoxy) is 1. The van der Waals surface area contributed by atoms with Crippen LogP contribution in [0.1, 0.15) is 19.8 Å². The molecule has 0 aromatic heterocycles. The molecule has 56 valence electrons. The second kappa shape index (κ2) is 3.40. The first kappa shape index (κ1) is 7.32. The number of esters is 1. The highest BCUT2D eigenvalue weighted by Gasteiger charge is 2.19. The molecule has 0 amide bonds. The molecule has 0 spiro atoms. The Hall–Kier alpha value is -0.790. The zero-order chi connectivity index (χ0) is 7.40. The van der Waals surface area contributed by atoms with Crippen molar-refractivity contribution in [3.63, 3.8) is 0 Å². The van der Waals surface area contributed by atoms with Gasteiger partial charge in [-0.05, 0) is 19.8 Å². The maximum atomic E-state index is 11.0. The first-order valence-electron chi connectivity index (χ1n) is 3.66. The maximum Gasteiger partial charge on any atom is 0.309 e. The van der Waals surface area contributed by atoms with E-state index in [1.807, 2.05) is 19.1 Å². The van der Waals surface area contributed by atoms with E-state index >= 15 is 0 Å². The Bertz CT molecular complexity index is 141. The molecule has 2 nitrogen and oxygen atoms in total. The number of rotatable bonds is 2. The lowest BCUT2D eigenvalue weighted by Gasteiger charge is -2.06. The first-order chi connectivity index (χ1) is 4.84. The summed E-state index contributed by atoms with van der Waals surface area (Å²) in [4.78, 5) is 11.0. The van der Waals surface area contributed by atoms with Crippen molar-refractivity contribution in [3.05, 3.63) is 12.2 Å². The Morgan fingerprint density at radius 1 is 1.60 bits per heavy atom. The Morgan fingerprint density at radius 2 is 2.20 bits per heavy atom. The average Bonchev–Trinajstić information content (AvgIpc) is 2.38. The molecule has 1 aliphatic carbocycles. The third-order valence-corrected chi connectivity index (χ3v) is 1.63. The minimum absolute atomic E-state index is 0.0486. The third-order valence-electron chi connectivity index (χ3n) is 1.63. The maximum absolute atomic E-state index is 11.0. The van der Waals surface area contributed by atoms with E-state index in [0.29, 0.717) is 6.61 Å². The van der Waals surface area contributed by atoms with Crippen molar-refractivity contribution in [2.24, 2.45) is 5.92 Å². The van der Waals surface area contributed by atoms with Gasteiger partial charge in [0.15, 0.2) is 0 Å². The number of hydrogen-bond donors (Lipinski definition) is 0. The van der Waals surface area contributed by atoms with E-state index in [1.54, 1.807) is 0 Å². The van der Waals surface area contributed by atoms with Crippen LogP contribution in [-0.4, -0.2) is 12.6 Å². The molecule has 10 heavy (non-hydrogen) atoms. The van der Waals surface area contributed by atoms with Crippen LogP contribution in [0.3, 0.4) is 0 Å². The summed E-state index contributed by atoms with van der Waals surface area (Å²) in [7, 11) is 0. The number of carbonyl (C=O) groups is 1. The van der Waals surface area contributed by atoms with E-state index in [2.05, 4.69) is 0 Å². The summed E-state index contributed by atoms with van der Waals surface area (Å²) in [6, 6.07) is 0. The topological polar surface area (TPSA) is 26.3 Å². The molecule has 0 N–H and O–H groups in total. The molecule has 0 aromatic rings. The van der Waals surface area contributed by atoms with Crippen molar-refractivity contribution in [2.75, 3.05) is 6.61 Å². The minimum atomic E-state index is -0.0486. The Labute approximate surface area is 60.9 Å². The highest BCUT2D eigenvalue weighted by molar-refractivity contribution is 5.73. The molecular weight excluding hydrogens is 128 g/mol. The molecular formula is C8H12O2. The fourth-order valence-electron chi connectivity index (χ4n) is 1.07. The molecule has 1 rings (SSSR count). The number of carbonyl (C=O) groups excluding carboxylic acids is 1. The van der Waals surface area contributed by atoms with Gasteiger partial charge in [0.2, 0.25) is 0 Å². The van der Waals surface area contributed by atoms with Gasteiger partial charge in [0.25, 0.3) is 0 Å². The van der Waals surface area contributed by atoms with Gasteiger partial charge in [-0.3, -0.25) is 4.79 Å². The van der Waals surface area contributed by atoms with Gasteiger partial charge in [-0.25, -0.2) is 0 Å². The third kappa shape index (κ3) is 1.59. The highest BCUT2D eigenvalue weighted by Crippen LogP contribution is 2.18. The number of allylic oxidation sites excluding steroid dienone is 2. The summed E-state index contributed by atoms with van der Waals surface area (Å²) in [5, 5.41) is 0. The van der Waals surface area contributed by atoms with E-state index in [-0.39, 0.29) is 11.9 Å². The minimum Gasteiger partial charge on any atom is -0.466 e. The van der Waals surface area contributed by atoms with Crippen LogP contribution in [0.5, 0.6) is 0 Å². The fraction of sp³-hybridized carbons (Fsp3) is 0.625. The normalized spacial score (nSPS) is 17.7. The molecule has 2 heteroatoms. The van der Waals surface area contributed by atoms with Gasteiger partial charge in [0.05, 0.1) is 12.5 Å². The van der Waals surface area contributed by atoms with Gasteiger partial charge in [0.1, 0.15) is 0 Å². The molecule has 0 saturated carbocycles. The van der Waals surface area contributed by atoms with Gasteiger partial charge >= 0.3 is 5.97 Å². The van der Waals surface area contributed by atoms with E-state index < -0.39 is 0 Å². The van der Waals surface area contributed by atoms with Crippen LogP contribution in [-0.2, 0) is 9.53 Å². The number of hydrogen-bond acceptors (Lipinski definition) is 2. The molecule has 0 radical (unpaired) electrons. The largest absolute Gasteiger partial charge is 0.466 e. The van der Waals surface area contributed by atoms with Gasteiger partial charge in [-0.2, -0.15) is 0 Å². The zero-order valence-electron chi connectivity index (χ0n) is 6.17. The lowest BCUT2D eigenvalue weighted by atomic mass is 10.1. The van der Waals surface area contributed by atoms with Crippen molar-refractivity contribution in [1.29, 1.82) is 0 Å². The van der Waals surface area contributed by atoms with Crippen molar-refractivity contribution >= 4 is 5.97 Å². The summed E-state index contributed by atoms with van der Waals surface area (Å²) in [5.74, 6) is 0.0625. The molecule has 0 aromatic carbocycles. The van der Waals surface area contributed by atoms with Crippen LogP contribution in [0.4, 0.5) is 0 Å². The Kier molecular flexibility index (Phi) is 2.49. The zero-order valence-corrected chi connectivity index (χ0v) is 6.17. The second-order valence-electron chi connectivity index (χ2n) is 2.39. The van der Waals surface area contributed by atoms with Crippen LogP contribution >= 0.6 is 0 Å². The molecule has 0 unspecified atom stereocenters. The molecule has 0 fully saturated rings. The van der Waals surface area contributed by atoms with Crippen LogP contribution < -0.4 is 0 Å².